The average Bonchev–Trinajstić information content (AvgIpc) is 3.34. The molecule has 0 spiro atoms. The van der Waals surface area contributed by atoms with Crippen molar-refractivity contribution in [3.05, 3.63) is 24.2 Å². The second-order valence-corrected chi connectivity index (χ2v) is 6.47. The summed E-state index contributed by atoms with van der Waals surface area (Å²) in [6, 6.07) is 1.56. The number of ether oxygens (including phenoxy) is 1. The van der Waals surface area contributed by atoms with Gasteiger partial charge in [-0.15, -0.1) is 0 Å². The molecule has 4 rings (SSSR count). The van der Waals surface area contributed by atoms with Crippen molar-refractivity contribution in [2.24, 2.45) is 7.05 Å². The van der Waals surface area contributed by atoms with E-state index in [0.29, 0.717) is 32.1 Å². The number of amides is 1. The number of rotatable bonds is 3. The molecule has 0 aliphatic carbocycles. The summed E-state index contributed by atoms with van der Waals surface area (Å²) in [5, 5.41) is 18.3. The fraction of sp³-hybridized carbons (Fsp3) is 0.562. The lowest BCUT2D eigenvalue weighted by molar-refractivity contribution is -0.00611. The molecule has 2 aliphatic heterocycles. The number of aliphatic hydroxyl groups excluding tert-OH is 1. The Morgan fingerprint density at radius 3 is 2.84 bits per heavy atom. The van der Waals surface area contributed by atoms with Crippen molar-refractivity contribution in [2.75, 3.05) is 39.4 Å². The molecular formula is C16H21N5O4. The van der Waals surface area contributed by atoms with Crippen molar-refractivity contribution in [2.45, 2.75) is 12.1 Å². The molecule has 1 amide bonds. The molecule has 1 N–H and O–H groups in total. The third-order valence-electron chi connectivity index (χ3n) is 4.78. The van der Waals surface area contributed by atoms with Crippen LogP contribution in [0, 0.1) is 0 Å². The lowest BCUT2D eigenvalue weighted by atomic mass is 10.1. The number of hydrogen-bond acceptors (Lipinski definition) is 7. The molecule has 0 unspecified atom stereocenters. The number of aryl methyl sites for hydroxylation is 1. The number of aliphatic hydroxyl groups is 1. The zero-order chi connectivity index (χ0) is 17.4. The van der Waals surface area contributed by atoms with Crippen LogP contribution in [0.4, 0.5) is 0 Å². The third-order valence-corrected chi connectivity index (χ3v) is 4.78. The molecular weight excluding hydrogens is 326 g/mol. The van der Waals surface area contributed by atoms with Gasteiger partial charge in [0.05, 0.1) is 37.1 Å². The van der Waals surface area contributed by atoms with Crippen LogP contribution in [-0.4, -0.2) is 87.3 Å². The van der Waals surface area contributed by atoms with Gasteiger partial charge in [0.25, 0.3) is 5.91 Å². The van der Waals surface area contributed by atoms with Gasteiger partial charge in [-0.05, 0) is 0 Å². The van der Waals surface area contributed by atoms with Gasteiger partial charge in [0.1, 0.15) is 0 Å². The molecule has 0 radical (unpaired) electrons. The summed E-state index contributed by atoms with van der Waals surface area (Å²) in [5.74, 6) is 0.273. The van der Waals surface area contributed by atoms with Gasteiger partial charge in [0, 0.05) is 45.5 Å². The maximum absolute atomic E-state index is 12.7. The zero-order valence-electron chi connectivity index (χ0n) is 14.0. The Kier molecular flexibility index (Phi) is 4.28. The summed E-state index contributed by atoms with van der Waals surface area (Å²) < 4.78 is 12.3. The molecule has 2 aliphatic rings. The molecule has 0 bridgehead atoms. The largest absolute Gasteiger partial charge is 0.390 e. The summed E-state index contributed by atoms with van der Waals surface area (Å²) in [4.78, 5) is 16.5. The summed E-state index contributed by atoms with van der Waals surface area (Å²) >= 11 is 0. The fourth-order valence-corrected chi connectivity index (χ4v) is 3.43. The first kappa shape index (κ1) is 16.2. The van der Waals surface area contributed by atoms with Crippen LogP contribution >= 0.6 is 0 Å². The number of hydrogen-bond donors (Lipinski definition) is 1. The van der Waals surface area contributed by atoms with Crippen LogP contribution in [0.1, 0.15) is 10.5 Å². The van der Waals surface area contributed by atoms with Crippen LogP contribution in [0.25, 0.3) is 11.3 Å². The number of likely N-dealkylation sites (tertiary alicyclic amines) is 1. The van der Waals surface area contributed by atoms with Crippen LogP contribution < -0.4 is 0 Å². The van der Waals surface area contributed by atoms with Crippen molar-refractivity contribution >= 4 is 5.91 Å². The number of carbonyl (C=O) groups excluding carboxylic acids is 1. The molecule has 0 aromatic carbocycles. The molecule has 134 valence electrons. The molecule has 2 aromatic heterocycles. The van der Waals surface area contributed by atoms with Gasteiger partial charge in [0.2, 0.25) is 0 Å². The van der Waals surface area contributed by atoms with Gasteiger partial charge >= 0.3 is 0 Å². The quantitative estimate of drug-likeness (QED) is 0.806. The summed E-state index contributed by atoms with van der Waals surface area (Å²) in [6.45, 7) is 3.66. The van der Waals surface area contributed by atoms with Crippen LogP contribution in [0.3, 0.4) is 0 Å². The van der Waals surface area contributed by atoms with Gasteiger partial charge in [0.15, 0.2) is 11.5 Å². The lowest BCUT2D eigenvalue weighted by Crippen LogP contribution is -2.49. The molecule has 2 fully saturated rings. The molecule has 0 saturated carbocycles. The van der Waals surface area contributed by atoms with Gasteiger partial charge in [-0.25, -0.2) is 0 Å². The summed E-state index contributed by atoms with van der Waals surface area (Å²) in [6.07, 6.45) is 2.89. The Labute approximate surface area is 144 Å². The standard InChI is InChI=1S/C16H21N5O4/c1-19-8-11(7-17-19)15-6-12(18-25-15)16(23)21-9-13(14(22)10-21)20-2-4-24-5-3-20/h6-8,13-14,22H,2-5,9-10H2,1H3/t13-,14-/m1/s1. The normalized spacial score (nSPS) is 24.8. The van der Waals surface area contributed by atoms with Crippen molar-refractivity contribution in [3.63, 3.8) is 0 Å². The number of morpholine rings is 1. The number of aromatic nitrogens is 3. The van der Waals surface area contributed by atoms with Crippen molar-refractivity contribution < 1.29 is 19.2 Å². The SMILES string of the molecule is Cn1cc(-c2cc(C(=O)N3C[C@@H](O)[C@H](N4CCOCC4)C3)no2)cn1. The van der Waals surface area contributed by atoms with Crippen LogP contribution in [0.5, 0.6) is 0 Å². The fourth-order valence-electron chi connectivity index (χ4n) is 3.43. The minimum absolute atomic E-state index is 0.0578. The first-order chi connectivity index (χ1) is 12.1. The smallest absolute Gasteiger partial charge is 0.276 e. The lowest BCUT2D eigenvalue weighted by Gasteiger charge is -2.33. The van der Waals surface area contributed by atoms with Crippen molar-refractivity contribution in [3.8, 4) is 11.3 Å². The molecule has 25 heavy (non-hydrogen) atoms. The number of nitrogens with zero attached hydrogens (tertiary/aromatic N) is 5. The van der Waals surface area contributed by atoms with E-state index in [-0.39, 0.29) is 17.6 Å². The predicted octanol–water partition coefficient (Wildman–Crippen LogP) is -0.407. The third kappa shape index (κ3) is 3.17. The van der Waals surface area contributed by atoms with Gasteiger partial charge < -0.3 is 19.3 Å². The van der Waals surface area contributed by atoms with E-state index in [1.54, 1.807) is 28.0 Å². The Morgan fingerprint density at radius 1 is 1.32 bits per heavy atom. The van der Waals surface area contributed by atoms with E-state index in [4.69, 9.17) is 9.26 Å². The Bertz CT molecular complexity index is 751. The highest BCUT2D eigenvalue weighted by atomic mass is 16.5. The molecule has 2 atom stereocenters. The second kappa shape index (κ2) is 6.58. The molecule has 4 heterocycles. The van der Waals surface area contributed by atoms with Gasteiger partial charge in [-0.2, -0.15) is 5.10 Å². The van der Waals surface area contributed by atoms with Gasteiger partial charge in [-0.1, -0.05) is 5.16 Å². The van der Waals surface area contributed by atoms with E-state index in [9.17, 15) is 9.90 Å². The minimum atomic E-state index is -0.563. The first-order valence-electron chi connectivity index (χ1n) is 8.36. The predicted molar refractivity (Wildman–Crippen MR) is 86.8 cm³/mol. The first-order valence-corrected chi connectivity index (χ1v) is 8.36. The van der Waals surface area contributed by atoms with E-state index >= 15 is 0 Å². The number of carbonyl (C=O) groups is 1. The Balaban J connectivity index is 1.45. The highest BCUT2D eigenvalue weighted by molar-refractivity contribution is 5.93. The van der Waals surface area contributed by atoms with E-state index in [1.807, 2.05) is 7.05 Å². The van der Waals surface area contributed by atoms with Crippen molar-refractivity contribution in [1.82, 2.24) is 24.7 Å². The number of β-amino-alcohol motifs (C(OH)–C–C–N with tert-alkyl or cyclic N) is 1. The average molecular weight is 347 g/mol. The monoisotopic (exact) mass is 347 g/mol. The van der Waals surface area contributed by atoms with Crippen LogP contribution in [0.2, 0.25) is 0 Å². The van der Waals surface area contributed by atoms with E-state index in [0.717, 1.165) is 18.7 Å². The minimum Gasteiger partial charge on any atom is -0.390 e. The summed E-state index contributed by atoms with van der Waals surface area (Å²) in [5.41, 5.74) is 1.01. The maximum atomic E-state index is 12.7. The molecule has 2 saturated heterocycles. The van der Waals surface area contributed by atoms with E-state index in [2.05, 4.69) is 15.2 Å². The second-order valence-electron chi connectivity index (χ2n) is 6.47. The molecule has 9 nitrogen and oxygen atoms in total. The highest BCUT2D eigenvalue weighted by Crippen LogP contribution is 2.23. The van der Waals surface area contributed by atoms with Crippen molar-refractivity contribution in [1.29, 1.82) is 0 Å². The summed E-state index contributed by atoms with van der Waals surface area (Å²) in [7, 11) is 1.81. The maximum Gasteiger partial charge on any atom is 0.276 e. The van der Waals surface area contributed by atoms with Gasteiger partial charge in [-0.3, -0.25) is 14.4 Å². The topological polar surface area (TPSA) is 96.9 Å². The Hall–Kier alpha value is -2.23. The zero-order valence-corrected chi connectivity index (χ0v) is 14.0. The molecule has 9 heteroatoms. The highest BCUT2D eigenvalue weighted by Gasteiger charge is 2.39. The van der Waals surface area contributed by atoms with Crippen LogP contribution in [0.15, 0.2) is 23.0 Å². The Morgan fingerprint density at radius 2 is 2.12 bits per heavy atom. The molecule has 2 aromatic rings. The van der Waals surface area contributed by atoms with Crippen LogP contribution in [-0.2, 0) is 11.8 Å². The van der Waals surface area contributed by atoms with E-state index in [1.165, 1.54) is 0 Å². The van der Waals surface area contributed by atoms with E-state index < -0.39 is 6.10 Å².